The Morgan fingerprint density at radius 2 is 1.35 bits per heavy atom. The smallest absolute Gasteiger partial charge is 0.114 e. The van der Waals surface area contributed by atoms with Crippen molar-refractivity contribution in [2.45, 2.75) is 32.4 Å². The molecule has 1 aliphatic carbocycles. The molecule has 0 radical (unpaired) electrons. The van der Waals surface area contributed by atoms with Crippen LogP contribution < -0.4 is 10.4 Å². The Labute approximate surface area is 200 Å². The van der Waals surface area contributed by atoms with Crippen LogP contribution in [0.1, 0.15) is 25.1 Å². The van der Waals surface area contributed by atoms with Gasteiger partial charge < -0.3 is 0 Å². The second-order valence-corrected chi connectivity index (χ2v) is 15.5. The van der Waals surface area contributed by atoms with Crippen LogP contribution >= 0.6 is 0 Å². The van der Waals surface area contributed by atoms with Crippen LogP contribution in [0.2, 0.25) is 13.1 Å². The summed E-state index contributed by atoms with van der Waals surface area (Å²) in [5.74, 6) is 0. The Balaban J connectivity index is 1.57. The van der Waals surface area contributed by atoms with Crippen LogP contribution in [0.5, 0.6) is 0 Å². The lowest BCUT2D eigenvalue weighted by molar-refractivity contribution is 0.642. The highest BCUT2D eigenvalue weighted by atomic mass is 28.3. The SMILES string of the molecule is CC1(C)c2ncccc2-c2cc3ccc4c5c(cc6ccc(c21)c3c64)-c1ccccc1[Si]5(C)C. The lowest BCUT2D eigenvalue weighted by atomic mass is 9.80. The van der Waals surface area contributed by atoms with Gasteiger partial charge in [-0.25, -0.2) is 0 Å². The second kappa shape index (κ2) is 5.76. The quantitative estimate of drug-likeness (QED) is 0.177. The Kier molecular flexibility index (Phi) is 3.20. The number of hydrogen-bond donors (Lipinski definition) is 0. The second-order valence-electron chi connectivity index (χ2n) is 11.2. The summed E-state index contributed by atoms with van der Waals surface area (Å²) in [4.78, 5) is 4.84. The fraction of sp³-hybridized carbons (Fsp3) is 0.156. The molecule has 0 atom stereocenters. The predicted molar refractivity (Wildman–Crippen MR) is 148 cm³/mol. The van der Waals surface area contributed by atoms with Gasteiger partial charge in [0.15, 0.2) is 0 Å². The number of rotatable bonds is 0. The van der Waals surface area contributed by atoms with Crippen LogP contribution in [0.25, 0.3) is 54.6 Å². The Bertz CT molecular complexity index is 1720. The fourth-order valence-corrected chi connectivity index (χ4v) is 10.8. The van der Waals surface area contributed by atoms with E-state index in [9.17, 15) is 0 Å². The van der Waals surface area contributed by atoms with E-state index in [1.165, 1.54) is 65.8 Å². The van der Waals surface area contributed by atoms with Gasteiger partial charge in [-0.15, -0.1) is 0 Å². The van der Waals surface area contributed by atoms with E-state index in [0.717, 1.165) is 0 Å². The fourth-order valence-electron chi connectivity index (χ4n) is 7.36. The van der Waals surface area contributed by atoms with Crippen molar-refractivity contribution in [3.05, 3.63) is 90.3 Å². The van der Waals surface area contributed by atoms with E-state index in [1.807, 2.05) is 6.20 Å². The Morgan fingerprint density at radius 3 is 2.18 bits per heavy atom. The monoisotopic (exact) mass is 451 g/mol. The molecule has 162 valence electrons. The van der Waals surface area contributed by atoms with Gasteiger partial charge in [-0.1, -0.05) is 81.5 Å². The first-order chi connectivity index (χ1) is 16.4. The van der Waals surface area contributed by atoms with Crippen molar-refractivity contribution < 1.29 is 0 Å². The average molecular weight is 452 g/mol. The summed E-state index contributed by atoms with van der Waals surface area (Å²) in [6, 6.07) is 27.9. The molecule has 5 aromatic carbocycles. The molecule has 0 saturated heterocycles. The number of hydrogen-bond acceptors (Lipinski definition) is 1. The van der Waals surface area contributed by atoms with Crippen molar-refractivity contribution in [1.82, 2.24) is 4.98 Å². The standard InChI is InChI=1S/C32H25NSi/c1-32(2)29-22-13-11-19-17-25-20-8-5-6-10-26(20)34(3,4)30(25)23-14-12-18(27(22)28(19)23)16-24(29)21-9-7-15-33-31(21)32/h5-17H,1-4H3. The van der Waals surface area contributed by atoms with Gasteiger partial charge in [0, 0.05) is 17.2 Å². The van der Waals surface area contributed by atoms with E-state index in [-0.39, 0.29) is 5.41 Å². The zero-order valence-corrected chi connectivity index (χ0v) is 21.0. The maximum atomic E-state index is 4.84. The largest absolute Gasteiger partial charge is 0.260 e. The minimum atomic E-state index is -1.78. The summed E-state index contributed by atoms with van der Waals surface area (Å²) < 4.78 is 0. The van der Waals surface area contributed by atoms with E-state index >= 15 is 0 Å². The van der Waals surface area contributed by atoms with Crippen molar-refractivity contribution in [1.29, 1.82) is 0 Å². The van der Waals surface area contributed by atoms with E-state index < -0.39 is 8.07 Å². The molecule has 2 heterocycles. The summed E-state index contributed by atoms with van der Waals surface area (Å²) >= 11 is 0. The summed E-state index contributed by atoms with van der Waals surface area (Å²) in [5.41, 5.74) is 8.07. The minimum absolute atomic E-state index is 0.111. The molecule has 6 aromatic rings. The molecule has 2 aliphatic rings. The maximum Gasteiger partial charge on any atom is 0.114 e. The molecular formula is C32H25NSi. The van der Waals surface area contributed by atoms with Gasteiger partial charge in [0.05, 0.1) is 5.69 Å². The van der Waals surface area contributed by atoms with E-state index in [4.69, 9.17) is 4.98 Å². The van der Waals surface area contributed by atoms with Crippen molar-refractivity contribution in [3.8, 4) is 22.3 Å². The van der Waals surface area contributed by atoms with Gasteiger partial charge in [-0.05, 0) is 83.1 Å². The van der Waals surface area contributed by atoms with Gasteiger partial charge in [0.25, 0.3) is 0 Å². The highest BCUT2D eigenvalue weighted by Crippen LogP contribution is 2.53. The van der Waals surface area contributed by atoms with Crippen LogP contribution in [-0.4, -0.2) is 13.1 Å². The molecular weight excluding hydrogens is 426 g/mol. The number of aromatic nitrogens is 1. The van der Waals surface area contributed by atoms with Gasteiger partial charge in [0.2, 0.25) is 0 Å². The van der Waals surface area contributed by atoms with Crippen molar-refractivity contribution in [2.24, 2.45) is 0 Å². The lowest BCUT2D eigenvalue weighted by Crippen LogP contribution is -2.49. The van der Waals surface area contributed by atoms with Crippen molar-refractivity contribution in [3.63, 3.8) is 0 Å². The molecule has 0 bridgehead atoms. The lowest BCUT2D eigenvalue weighted by Gasteiger charge is -2.25. The molecule has 2 heteroatoms. The Morgan fingerprint density at radius 1 is 0.676 bits per heavy atom. The molecule has 0 fully saturated rings. The van der Waals surface area contributed by atoms with Crippen molar-refractivity contribution >= 4 is 50.8 Å². The first kappa shape index (κ1) is 18.9. The first-order valence-corrected chi connectivity index (χ1v) is 15.2. The number of benzene rings is 5. The van der Waals surface area contributed by atoms with Crippen LogP contribution in [-0.2, 0) is 5.41 Å². The van der Waals surface area contributed by atoms with Gasteiger partial charge >= 0.3 is 0 Å². The normalized spacial score (nSPS) is 16.7. The topological polar surface area (TPSA) is 12.9 Å². The molecule has 1 aromatic heterocycles. The molecule has 1 aliphatic heterocycles. The number of pyridine rings is 1. The van der Waals surface area contributed by atoms with Crippen LogP contribution in [0, 0.1) is 0 Å². The summed E-state index contributed by atoms with van der Waals surface area (Å²) in [6.07, 6.45) is 1.94. The maximum absolute atomic E-state index is 4.84. The first-order valence-electron chi connectivity index (χ1n) is 12.2. The molecule has 0 spiro atoms. The molecule has 0 amide bonds. The minimum Gasteiger partial charge on any atom is -0.260 e. The zero-order valence-electron chi connectivity index (χ0n) is 20.0. The van der Waals surface area contributed by atoms with Gasteiger partial charge in [0.1, 0.15) is 8.07 Å². The van der Waals surface area contributed by atoms with Crippen LogP contribution in [0.15, 0.2) is 79.0 Å². The predicted octanol–water partition coefficient (Wildman–Crippen LogP) is 7.09. The highest BCUT2D eigenvalue weighted by molar-refractivity contribution is 7.05. The highest BCUT2D eigenvalue weighted by Gasteiger charge is 2.41. The number of nitrogens with zero attached hydrogens (tertiary/aromatic N) is 1. The molecule has 8 rings (SSSR count). The van der Waals surface area contributed by atoms with E-state index in [2.05, 4.69) is 99.7 Å². The molecule has 0 saturated carbocycles. The summed E-state index contributed by atoms with van der Waals surface area (Å²) in [5, 5.41) is 11.6. The zero-order chi connectivity index (χ0) is 23.0. The van der Waals surface area contributed by atoms with E-state index in [1.54, 1.807) is 10.4 Å². The Hall–Kier alpha value is -3.49. The summed E-state index contributed by atoms with van der Waals surface area (Å²) in [6.45, 7) is 9.73. The molecule has 0 unspecified atom stereocenters. The molecule has 1 nitrogen and oxygen atoms in total. The van der Waals surface area contributed by atoms with E-state index in [0.29, 0.717) is 0 Å². The third-order valence-electron chi connectivity index (χ3n) is 8.73. The van der Waals surface area contributed by atoms with Crippen LogP contribution in [0.4, 0.5) is 0 Å². The van der Waals surface area contributed by atoms with Crippen molar-refractivity contribution in [2.75, 3.05) is 0 Å². The third-order valence-corrected chi connectivity index (χ3v) is 12.3. The molecule has 34 heavy (non-hydrogen) atoms. The molecule has 0 N–H and O–H groups in total. The summed E-state index contributed by atoms with van der Waals surface area (Å²) in [7, 11) is -1.78. The average Bonchev–Trinajstić information content (AvgIpc) is 3.22. The third kappa shape index (κ3) is 1.97. The van der Waals surface area contributed by atoms with Crippen LogP contribution in [0.3, 0.4) is 0 Å². The van der Waals surface area contributed by atoms with Gasteiger partial charge in [-0.3, -0.25) is 4.98 Å². The number of fused-ring (bicyclic) bond motifs is 8. The van der Waals surface area contributed by atoms with Gasteiger partial charge in [-0.2, -0.15) is 0 Å².